The molecule has 5 heteroatoms. The molecule has 3 heterocycles. The molecule has 0 bridgehead atoms. The summed E-state index contributed by atoms with van der Waals surface area (Å²) in [6.45, 7) is -15.7. The van der Waals surface area contributed by atoms with Crippen molar-refractivity contribution in [1.29, 1.82) is 0 Å². The Morgan fingerprint density at radius 1 is 0.577 bits per heavy atom. The first-order valence-electron chi connectivity index (χ1n) is 41.7. The van der Waals surface area contributed by atoms with Crippen LogP contribution in [0, 0.1) is 20.6 Å². The fourth-order valence-corrected chi connectivity index (χ4v) is 10.5. The number of ether oxygens (including phenoxy) is 1. The van der Waals surface area contributed by atoms with Crippen LogP contribution in [-0.4, -0.2) is 16.2 Å². The summed E-state index contributed by atoms with van der Waals surface area (Å²) < 4.78 is 306. The van der Waals surface area contributed by atoms with Crippen LogP contribution in [0.2, 0.25) is 0 Å². The summed E-state index contributed by atoms with van der Waals surface area (Å²) >= 11 is 0. The van der Waals surface area contributed by atoms with E-state index in [-0.39, 0.29) is 85.6 Å². The third-order valence-corrected chi connectivity index (χ3v) is 14.4. The number of hydrogen-bond donors (Lipinski definition) is 0. The van der Waals surface area contributed by atoms with Crippen molar-refractivity contribution >= 4 is 44.6 Å². The van der Waals surface area contributed by atoms with Crippen molar-refractivity contribution < 1.29 is 50.0 Å². The SMILES string of the molecule is [2H]c1c([2H])c([2H])c(-c2cnc(-n3c4ccccc4c4ccc(Oc5cccc(N6CN(c7c(-c8c([2H])c([2H])c9c(c8[2H])C(C([2H])([2H])[2H])(C([2H])([2H])[2H])C([2H])([2H])C([2H])([2H])C9(C([2H])([2H])[2H])C([2H])([2H])[2H])cc(C(C)(C)C)cc7C(C)(C)C)c7ccc(-c8c(C([2H])([2H])[2H])cccc8C([2H])([2H])[2H])cc76)c5)cc43)cc2C([2H])([2H])[2H])c([2H])c1[2H]. The molecule has 10 aromatic rings. The quantitative estimate of drug-likeness (QED) is 0.152. The van der Waals surface area contributed by atoms with E-state index >= 15 is 0 Å². The Hall–Kier alpha value is -7.89. The van der Waals surface area contributed by atoms with E-state index in [2.05, 4.69) is 4.98 Å². The second-order valence-corrected chi connectivity index (χ2v) is 21.8. The topological polar surface area (TPSA) is 33.5 Å². The number of aryl methyl sites for hydroxylation is 3. The highest BCUT2D eigenvalue weighted by Crippen LogP contribution is 2.54. The van der Waals surface area contributed by atoms with Crippen LogP contribution in [0.5, 0.6) is 11.5 Å². The maximum atomic E-state index is 10.5. The molecule has 1 aliphatic heterocycles. The molecule has 1 aliphatic carbocycles. The average molecular weight is 1060 g/mol. The van der Waals surface area contributed by atoms with E-state index < -0.39 is 147 Å². The predicted molar refractivity (Wildman–Crippen MR) is 330 cm³/mol. The second kappa shape index (κ2) is 18.7. The van der Waals surface area contributed by atoms with E-state index in [4.69, 9.17) is 40.4 Å². The Bertz CT molecular complexity index is 5400. The predicted octanol–water partition coefficient (Wildman–Crippen LogP) is 20.1. The number of aromatic nitrogens is 2. The lowest BCUT2D eigenvalue weighted by atomic mass is 9.63. The molecule has 12 rings (SSSR count). The van der Waals surface area contributed by atoms with Gasteiger partial charge in [-0.3, -0.25) is 4.57 Å². The number of pyridine rings is 1. The van der Waals surface area contributed by atoms with E-state index in [9.17, 15) is 9.60 Å². The highest BCUT2D eigenvalue weighted by molar-refractivity contribution is 6.09. The van der Waals surface area contributed by atoms with Crippen LogP contribution in [0.1, 0.15) is 166 Å². The smallest absolute Gasteiger partial charge is 0.137 e. The lowest BCUT2D eigenvalue weighted by molar-refractivity contribution is 0.332. The summed E-state index contributed by atoms with van der Waals surface area (Å²) in [6.07, 6.45) is -8.07. The molecule has 0 radical (unpaired) electrons. The van der Waals surface area contributed by atoms with Crippen LogP contribution >= 0.6 is 0 Å². The normalized spacial score (nSPS) is 23.6. The molecular weight excluding hydrogens is 949 g/mol. The molecule has 0 fully saturated rings. The molecule has 0 unspecified atom stereocenters. The summed E-state index contributed by atoms with van der Waals surface area (Å²) in [7, 11) is 0. The summed E-state index contributed by atoms with van der Waals surface area (Å²) in [6, 6.07) is 24.4. The van der Waals surface area contributed by atoms with Crippen molar-refractivity contribution in [2.45, 2.75) is 124 Å². The van der Waals surface area contributed by atoms with Gasteiger partial charge in [0.15, 0.2) is 0 Å². The molecule has 0 atom stereocenters. The maximum Gasteiger partial charge on any atom is 0.137 e. The Kier molecular flexibility index (Phi) is 6.15. The minimum atomic E-state index is -4.63. The van der Waals surface area contributed by atoms with Crippen molar-refractivity contribution in [3.8, 4) is 50.7 Å². The van der Waals surface area contributed by atoms with Crippen LogP contribution in [0.3, 0.4) is 0 Å². The number of fused-ring (bicyclic) bond motifs is 5. The van der Waals surface area contributed by atoms with Gasteiger partial charge in [0.05, 0.1) is 39.1 Å². The number of benzene rings is 8. The molecule has 0 amide bonds. The molecule has 0 spiro atoms. The monoisotopic (exact) mass is 1060 g/mol. The molecule has 0 saturated heterocycles. The van der Waals surface area contributed by atoms with Gasteiger partial charge in [-0.2, -0.15) is 0 Å². The van der Waals surface area contributed by atoms with Crippen molar-refractivity contribution in [2.24, 2.45) is 0 Å². The third-order valence-electron chi connectivity index (χ3n) is 14.4. The Morgan fingerprint density at radius 3 is 2.05 bits per heavy atom. The highest BCUT2D eigenvalue weighted by atomic mass is 16.5. The van der Waals surface area contributed by atoms with Crippen molar-refractivity contribution in [2.75, 3.05) is 16.5 Å². The molecule has 78 heavy (non-hydrogen) atoms. The van der Waals surface area contributed by atoms with Gasteiger partial charge in [0.2, 0.25) is 0 Å². The van der Waals surface area contributed by atoms with E-state index in [1.807, 2.05) is 12.1 Å². The van der Waals surface area contributed by atoms with Crippen LogP contribution in [0.4, 0.5) is 22.7 Å². The zero-order valence-electron chi connectivity index (χ0n) is 76.5. The van der Waals surface area contributed by atoms with Gasteiger partial charge in [0.25, 0.3) is 0 Å². The van der Waals surface area contributed by atoms with E-state index in [0.29, 0.717) is 38.6 Å². The minimum Gasteiger partial charge on any atom is -0.457 e. The molecular formula is C73H74N4O. The first-order valence-corrected chi connectivity index (χ1v) is 25.2. The van der Waals surface area contributed by atoms with Gasteiger partial charge in [-0.15, -0.1) is 0 Å². The molecule has 5 nitrogen and oxygen atoms in total. The van der Waals surface area contributed by atoms with Crippen LogP contribution in [-0.2, 0) is 21.7 Å². The van der Waals surface area contributed by atoms with Crippen molar-refractivity contribution in [3.05, 3.63) is 215 Å². The number of nitrogens with zero attached hydrogens (tertiary/aromatic N) is 4. The first-order chi connectivity index (χ1) is 50.7. The molecule has 0 saturated carbocycles. The zero-order valence-corrected chi connectivity index (χ0v) is 43.5. The lowest BCUT2D eigenvalue weighted by Gasteiger charge is -2.42. The minimum absolute atomic E-state index is 0.0279. The summed E-state index contributed by atoms with van der Waals surface area (Å²) in [5.41, 5.74) is -14.3. The fraction of sp³-hybridized carbons (Fsp3) is 0.274. The van der Waals surface area contributed by atoms with Gasteiger partial charge in [0.1, 0.15) is 24.0 Å². The largest absolute Gasteiger partial charge is 0.457 e. The van der Waals surface area contributed by atoms with E-state index in [0.717, 1.165) is 6.20 Å². The molecule has 0 N–H and O–H groups in total. The van der Waals surface area contributed by atoms with Crippen molar-refractivity contribution in [1.82, 2.24) is 9.55 Å². The van der Waals surface area contributed by atoms with Gasteiger partial charge in [-0.05, 0) is 171 Å². The van der Waals surface area contributed by atoms with Gasteiger partial charge < -0.3 is 14.5 Å². The highest BCUT2D eigenvalue weighted by Gasteiger charge is 2.39. The summed E-state index contributed by atoms with van der Waals surface area (Å²) in [4.78, 5) is 8.07. The zero-order chi connectivity index (χ0) is 82.7. The summed E-state index contributed by atoms with van der Waals surface area (Å²) in [5, 5.41) is 1.35. The maximum absolute atomic E-state index is 10.5. The summed E-state index contributed by atoms with van der Waals surface area (Å²) in [5.74, 6) is 0.433. The second-order valence-electron chi connectivity index (χ2n) is 21.8. The average Bonchev–Trinajstić information content (AvgIpc) is 1.12. The molecule has 392 valence electrons. The first kappa shape index (κ1) is 25.7. The number of anilines is 4. The number of para-hydroxylation sites is 1. The molecule has 2 aliphatic rings. The number of rotatable bonds is 8. The van der Waals surface area contributed by atoms with E-state index in [1.165, 1.54) is 36.4 Å². The molecule has 8 aromatic carbocycles. The Labute approximate surface area is 509 Å². The van der Waals surface area contributed by atoms with Crippen LogP contribution in [0.25, 0.3) is 61.0 Å². The number of hydrogen-bond acceptors (Lipinski definition) is 4. The third kappa shape index (κ3) is 8.86. The standard InChI is InChI=1S/C73H74N4O/c1-46-21-19-22-47(2)68(46)51-30-34-64-66(39-51)75(45-76(64)69-58(40-52(70(4,5)6)41-62(69)71(7,8)9)50-29-33-60-61(38-50)73(12,13)36-35-72(60,10)11)53-25-20-26-54(42-53)78-55-31-32-57-56-27-17-18-28-63(56)77(65(57)43-55)67-37-48(3)59(44-74-67)49-23-15-14-16-24-49/h14-34,37-44H,35-36,45H2,1-13H3/i1D3,2D3,3D3,10D3,11D3,12D3,13D3,14D,15D,16D,23D,24D,29D,33D,35D2,36D2,38D. The fourth-order valence-electron chi connectivity index (χ4n) is 10.5. The Morgan fingerprint density at radius 2 is 1.31 bits per heavy atom. The van der Waals surface area contributed by atoms with Crippen molar-refractivity contribution in [3.63, 3.8) is 0 Å². The van der Waals surface area contributed by atoms with E-state index in [1.54, 1.807) is 129 Å². The molecule has 2 aromatic heterocycles. The van der Waals surface area contributed by atoms with Crippen LogP contribution < -0.4 is 14.5 Å². The van der Waals surface area contributed by atoms with Gasteiger partial charge >= 0.3 is 0 Å². The van der Waals surface area contributed by atoms with Gasteiger partial charge in [-0.1, -0.05) is 172 Å². The van der Waals surface area contributed by atoms with Gasteiger partial charge in [0, 0.05) is 80.2 Å². The lowest BCUT2D eigenvalue weighted by Crippen LogP contribution is -2.33. The Balaban J connectivity index is 1.12. The van der Waals surface area contributed by atoms with Crippen LogP contribution in [0.15, 0.2) is 176 Å². The van der Waals surface area contributed by atoms with Gasteiger partial charge in [-0.25, -0.2) is 4.98 Å².